The van der Waals surface area contributed by atoms with E-state index in [1.54, 1.807) is 18.4 Å². The highest BCUT2D eigenvalue weighted by Crippen LogP contribution is 2.29. The Kier molecular flexibility index (Phi) is 5.79. The minimum Gasteiger partial charge on any atom is -0.459 e. The molecule has 166 valence electrons. The maximum Gasteiger partial charge on any atom is 0.266 e. The standard InChI is InChI=1S/C25H23N5O3/c26-17-21-25(33-24(28-21)22-9-4-16-32-22)30-14-12-29(13-15-30)11-10-23(31)27-20-8-3-6-18-5-1-2-7-19(18)20/h1-9,16H,10-15H2,(H,27,31). The number of piperazine rings is 1. The number of nitrogens with one attached hydrogen (secondary N) is 1. The Morgan fingerprint density at radius 2 is 1.88 bits per heavy atom. The number of furan rings is 1. The lowest BCUT2D eigenvalue weighted by molar-refractivity contribution is -0.116. The lowest BCUT2D eigenvalue weighted by Crippen LogP contribution is -2.47. The van der Waals surface area contributed by atoms with Crippen LogP contribution in [0.5, 0.6) is 0 Å². The van der Waals surface area contributed by atoms with Crippen molar-refractivity contribution < 1.29 is 13.6 Å². The van der Waals surface area contributed by atoms with E-state index in [0.717, 1.165) is 29.5 Å². The number of hydrogen-bond donors (Lipinski definition) is 1. The van der Waals surface area contributed by atoms with E-state index in [4.69, 9.17) is 8.83 Å². The fourth-order valence-electron chi connectivity index (χ4n) is 4.09. The highest BCUT2D eigenvalue weighted by atomic mass is 16.4. The van der Waals surface area contributed by atoms with Crippen LogP contribution in [0.2, 0.25) is 0 Å². The number of oxazole rings is 1. The predicted octanol–water partition coefficient (Wildman–Crippen LogP) is 4.11. The van der Waals surface area contributed by atoms with Gasteiger partial charge < -0.3 is 19.1 Å². The number of carbonyl (C=O) groups is 1. The topological polar surface area (TPSA) is 98.5 Å². The lowest BCUT2D eigenvalue weighted by atomic mass is 10.1. The fraction of sp³-hybridized carbons (Fsp3) is 0.240. The second kappa shape index (κ2) is 9.18. The molecular weight excluding hydrogens is 418 g/mol. The molecule has 0 atom stereocenters. The Morgan fingerprint density at radius 3 is 2.67 bits per heavy atom. The van der Waals surface area contributed by atoms with Crippen molar-refractivity contribution in [3.63, 3.8) is 0 Å². The zero-order valence-electron chi connectivity index (χ0n) is 18.0. The molecule has 0 unspecified atom stereocenters. The number of anilines is 2. The molecule has 2 aromatic carbocycles. The summed E-state index contributed by atoms with van der Waals surface area (Å²) in [5.41, 5.74) is 1.09. The molecule has 1 saturated heterocycles. The average molecular weight is 441 g/mol. The molecule has 1 N–H and O–H groups in total. The molecule has 0 spiro atoms. The third-order valence-electron chi connectivity index (χ3n) is 5.83. The van der Waals surface area contributed by atoms with Gasteiger partial charge in [-0.15, -0.1) is 0 Å². The Hall–Kier alpha value is -4.09. The monoisotopic (exact) mass is 441 g/mol. The molecule has 4 aromatic rings. The number of nitrogens with zero attached hydrogens (tertiary/aromatic N) is 4. The molecule has 0 saturated carbocycles. The largest absolute Gasteiger partial charge is 0.459 e. The van der Waals surface area contributed by atoms with Crippen LogP contribution >= 0.6 is 0 Å². The summed E-state index contributed by atoms with van der Waals surface area (Å²) in [4.78, 5) is 21.1. The van der Waals surface area contributed by atoms with Crippen LogP contribution in [-0.2, 0) is 4.79 Å². The first kappa shape index (κ1) is 20.8. The maximum absolute atomic E-state index is 12.6. The van der Waals surface area contributed by atoms with E-state index in [1.807, 2.05) is 47.4 Å². The van der Waals surface area contributed by atoms with Crippen molar-refractivity contribution in [2.24, 2.45) is 0 Å². The molecule has 3 heterocycles. The van der Waals surface area contributed by atoms with Gasteiger partial charge in [-0.05, 0) is 23.6 Å². The summed E-state index contributed by atoms with van der Waals surface area (Å²) in [5, 5.41) is 14.6. The minimum atomic E-state index is -0.00104. The Morgan fingerprint density at radius 1 is 1.06 bits per heavy atom. The van der Waals surface area contributed by atoms with Crippen LogP contribution in [0.15, 0.2) is 69.7 Å². The highest BCUT2D eigenvalue weighted by molar-refractivity contribution is 6.02. The smallest absolute Gasteiger partial charge is 0.266 e. The quantitative estimate of drug-likeness (QED) is 0.481. The SMILES string of the molecule is N#Cc1nc(-c2ccco2)oc1N1CCN(CCC(=O)Nc2cccc3ccccc23)CC1. The number of fused-ring (bicyclic) bond motifs is 1. The van der Waals surface area contributed by atoms with Crippen molar-refractivity contribution >= 4 is 28.3 Å². The maximum atomic E-state index is 12.6. The number of amides is 1. The normalized spacial score (nSPS) is 14.3. The third-order valence-corrected chi connectivity index (χ3v) is 5.83. The van der Waals surface area contributed by atoms with Gasteiger partial charge in [0.2, 0.25) is 17.5 Å². The molecule has 1 amide bonds. The molecule has 1 aliphatic heterocycles. The summed E-state index contributed by atoms with van der Waals surface area (Å²) in [6.45, 7) is 3.58. The summed E-state index contributed by atoms with van der Waals surface area (Å²) in [7, 11) is 0. The minimum absolute atomic E-state index is 0.00104. The second-order valence-corrected chi connectivity index (χ2v) is 7.92. The number of hydrogen-bond acceptors (Lipinski definition) is 7. The first-order valence-electron chi connectivity index (χ1n) is 10.9. The van der Waals surface area contributed by atoms with Crippen molar-refractivity contribution in [2.75, 3.05) is 42.9 Å². The summed E-state index contributed by atoms with van der Waals surface area (Å²) in [5.74, 6) is 1.27. The molecule has 0 aliphatic carbocycles. The predicted molar refractivity (Wildman–Crippen MR) is 125 cm³/mol. The van der Waals surface area contributed by atoms with Gasteiger partial charge in [0.25, 0.3) is 5.89 Å². The van der Waals surface area contributed by atoms with Gasteiger partial charge in [0, 0.05) is 50.2 Å². The molecule has 8 nitrogen and oxygen atoms in total. The first-order chi connectivity index (χ1) is 16.2. The molecule has 2 aromatic heterocycles. The van der Waals surface area contributed by atoms with Gasteiger partial charge in [-0.3, -0.25) is 9.69 Å². The molecule has 0 radical (unpaired) electrons. The van der Waals surface area contributed by atoms with E-state index in [0.29, 0.717) is 43.6 Å². The van der Waals surface area contributed by atoms with Crippen LogP contribution in [0.4, 0.5) is 11.6 Å². The van der Waals surface area contributed by atoms with Crippen molar-refractivity contribution in [1.82, 2.24) is 9.88 Å². The molecule has 33 heavy (non-hydrogen) atoms. The van der Waals surface area contributed by atoms with Gasteiger partial charge in [0.1, 0.15) is 6.07 Å². The number of aromatic nitrogens is 1. The van der Waals surface area contributed by atoms with Crippen LogP contribution in [0.1, 0.15) is 12.1 Å². The van der Waals surface area contributed by atoms with E-state index in [2.05, 4.69) is 21.3 Å². The van der Waals surface area contributed by atoms with Crippen molar-refractivity contribution in [2.45, 2.75) is 6.42 Å². The van der Waals surface area contributed by atoms with Crippen molar-refractivity contribution in [1.29, 1.82) is 5.26 Å². The van der Waals surface area contributed by atoms with Crippen LogP contribution in [-0.4, -0.2) is 48.5 Å². The molecule has 5 rings (SSSR count). The Bertz CT molecular complexity index is 1290. The van der Waals surface area contributed by atoms with Crippen LogP contribution < -0.4 is 10.2 Å². The van der Waals surface area contributed by atoms with Gasteiger partial charge in [-0.25, -0.2) is 0 Å². The van der Waals surface area contributed by atoms with Gasteiger partial charge in [-0.1, -0.05) is 36.4 Å². The number of nitriles is 1. The summed E-state index contributed by atoms with van der Waals surface area (Å²) in [6, 6.07) is 19.5. The van der Waals surface area contributed by atoms with Crippen molar-refractivity contribution in [3.05, 3.63) is 66.6 Å². The number of carbonyl (C=O) groups excluding carboxylic acids is 1. The van der Waals surface area contributed by atoms with Gasteiger partial charge in [-0.2, -0.15) is 10.2 Å². The van der Waals surface area contributed by atoms with E-state index in [-0.39, 0.29) is 11.6 Å². The van der Waals surface area contributed by atoms with Gasteiger partial charge in [0.05, 0.1) is 6.26 Å². The van der Waals surface area contributed by atoms with Crippen LogP contribution in [0, 0.1) is 11.3 Å². The zero-order chi connectivity index (χ0) is 22.6. The second-order valence-electron chi connectivity index (χ2n) is 7.92. The number of benzene rings is 2. The van der Waals surface area contributed by atoms with Crippen LogP contribution in [0.3, 0.4) is 0 Å². The van der Waals surface area contributed by atoms with E-state index >= 15 is 0 Å². The first-order valence-corrected chi connectivity index (χ1v) is 10.9. The van der Waals surface area contributed by atoms with E-state index in [9.17, 15) is 10.1 Å². The Balaban J connectivity index is 1.15. The highest BCUT2D eigenvalue weighted by Gasteiger charge is 2.25. The third kappa shape index (κ3) is 4.45. The lowest BCUT2D eigenvalue weighted by Gasteiger charge is -2.34. The fourth-order valence-corrected chi connectivity index (χ4v) is 4.09. The molecule has 8 heteroatoms. The molecule has 0 bridgehead atoms. The number of rotatable bonds is 6. The summed E-state index contributed by atoms with van der Waals surface area (Å²) < 4.78 is 11.2. The van der Waals surface area contributed by atoms with Gasteiger partial charge in [0.15, 0.2) is 5.76 Å². The average Bonchev–Trinajstić information content (AvgIpc) is 3.53. The van der Waals surface area contributed by atoms with Crippen molar-refractivity contribution in [3.8, 4) is 17.7 Å². The summed E-state index contributed by atoms with van der Waals surface area (Å²) in [6.07, 6.45) is 1.96. The zero-order valence-corrected chi connectivity index (χ0v) is 18.0. The van der Waals surface area contributed by atoms with Crippen LogP contribution in [0.25, 0.3) is 22.4 Å². The molecular formula is C25H23N5O3. The summed E-state index contributed by atoms with van der Waals surface area (Å²) >= 11 is 0. The Labute approximate surface area is 191 Å². The molecule has 1 fully saturated rings. The molecule has 1 aliphatic rings. The van der Waals surface area contributed by atoms with E-state index < -0.39 is 0 Å². The van der Waals surface area contributed by atoms with Gasteiger partial charge >= 0.3 is 0 Å². The van der Waals surface area contributed by atoms with E-state index in [1.165, 1.54) is 0 Å².